The zero-order chi connectivity index (χ0) is 13.0. The fraction of sp³-hybridized carbons (Fsp3) is 0.286. The molecule has 94 valence electrons. The van der Waals surface area contributed by atoms with Crippen molar-refractivity contribution in [3.05, 3.63) is 52.3 Å². The van der Waals surface area contributed by atoms with Gasteiger partial charge in [-0.15, -0.1) is 0 Å². The summed E-state index contributed by atoms with van der Waals surface area (Å²) in [5, 5.41) is 9.85. The van der Waals surface area contributed by atoms with E-state index in [0.717, 1.165) is 11.3 Å². The Kier molecular flexibility index (Phi) is 3.89. The second-order valence-corrected chi connectivity index (χ2v) is 4.51. The number of nitrogens with zero attached hydrogens (tertiary/aromatic N) is 1. The summed E-state index contributed by atoms with van der Waals surface area (Å²) in [6, 6.07) is 12.0. The number of hydrogen-bond donors (Lipinski definition) is 2. The number of hydrogen-bond acceptors (Lipinski definition) is 3. The van der Waals surface area contributed by atoms with Crippen molar-refractivity contribution in [1.82, 2.24) is 15.5 Å². The Bertz CT molecular complexity index is 561. The molecule has 4 nitrogen and oxygen atoms in total. The number of aromatic amines is 1. The molecule has 0 spiro atoms. The van der Waals surface area contributed by atoms with Gasteiger partial charge in [-0.1, -0.05) is 44.2 Å². The molecular formula is C14H17N3O. The van der Waals surface area contributed by atoms with Gasteiger partial charge in [0, 0.05) is 23.7 Å². The van der Waals surface area contributed by atoms with E-state index in [1.54, 1.807) is 0 Å². The molecule has 1 aromatic carbocycles. The van der Waals surface area contributed by atoms with Gasteiger partial charge in [-0.25, -0.2) is 5.10 Å². The maximum atomic E-state index is 11.7. The maximum absolute atomic E-state index is 11.7. The van der Waals surface area contributed by atoms with Crippen molar-refractivity contribution >= 4 is 0 Å². The fourth-order valence-corrected chi connectivity index (χ4v) is 1.65. The Hall–Kier alpha value is -1.94. The van der Waals surface area contributed by atoms with Crippen LogP contribution in [0.3, 0.4) is 0 Å². The first kappa shape index (κ1) is 12.5. The Balaban J connectivity index is 2.29. The largest absolute Gasteiger partial charge is 0.310 e. The van der Waals surface area contributed by atoms with E-state index < -0.39 is 0 Å². The molecule has 2 N–H and O–H groups in total. The summed E-state index contributed by atoms with van der Waals surface area (Å²) in [7, 11) is 0. The van der Waals surface area contributed by atoms with Crippen molar-refractivity contribution in [3.63, 3.8) is 0 Å². The molecule has 0 saturated heterocycles. The van der Waals surface area contributed by atoms with Gasteiger partial charge < -0.3 is 5.32 Å². The van der Waals surface area contributed by atoms with Crippen LogP contribution in [-0.4, -0.2) is 16.2 Å². The van der Waals surface area contributed by atoms with Crippen LogP contribution in [0.4, 0.5) is 0 Å². The molecule has 0 saturated carbocycles. The van der Waals surface area contributed by atoms with E-state index in [4.69, 9.17) is 0 Å². The molecule has 0 fully saturated rings. The standard InChI is InChI=1S/C14H17N3O/c1-10(2)15-9-12-8-13(16-17-14(12)18)11-6-4-3-5-7-11/h3-8,10,15H,9H2,1-2H3,(H,17,18). The van der Waals surface area contributed by atoms with Crippen molar-refractivity contribution in [2.75, 3.05) is 0 Å². The van der Waals surface area contributed by atoms with Crippen LogP contribution in [0.25, 0.3) is 11.3 Å². The predicted octanol–water partition coefficient (Wildman–Crippen LogP) is 1.93. The number of rotatable bonds is 4. The molecule has 0 atom stereocenters. The van der Waals surface area contributed by atoms with Crippen LogP contribution in [0.5, 0.6) is 0 Å². The first-order chi connectivity index (χ1) is 8.66. The molecule has 0 aliphatic carbocycles. The molecule has 1 aromatic heterocycles. The highest BCUT2D eigenvalue weighted by Crippen LogP contribution is 2.14. The van der Waals surface area contributed by atoms with Crippen LogP contribution in [-0.2, 0) is 6.54 Å². The van der Waals surface area contributed by atoms with Gasteiger partial charge in [0.2, 0.25) is 0 Å². The highest BCUT2D eigenvalue weighted by molar-refractivity contribution is 5.58. The van der Waals surface area contributed by atoms with Crippen molar-refractivity contribution in [3.8, 4) is 11.3 Å². The van der Waals surface area contributed by atoms with Crippen molar-refractivity contribution in [1.29, 1.82) is 0 Å². The summed E-state index contributed by atoms with van der Waals surface area (Å²) in [5.41, 5.74) is 2.36. The average Bonchev–Trinajstić information content (AvgIpc) is 2.38. The van der Waals surface area contributed by atoms with E-state index in [1.807, 2.05) is 50.2 Å². The quantitative estimate of drug-likeness (QED) is 0.862. The number of nitrogens with one attached hydrogen (secondary N) is 2. The van der Waals surface area contributed by atoms with Gasteiger partial charge in [0.25, 0.3) is 5.56 Å². The molecule has 18 heavy (non-hydrogen) atoms. The molecule has 0 unspecified atom stereocenters. The number of aromatic nitrogens is 2. The van der Waals surface area contributed by atoms with Gasteiger partial charge in [0.1, 0.15) is 0 Å². The summed E-state index contributed by atoms with van der Waals surface area (Å²) < 4.78 is 0. The van der Waals surface area contributed by atoms with Gasteiger partial charge in [0.05, 0.1) is 5.69 Å². The van der Waals surface area contributed by atoms with Crippen molar-refractivity contribution in [2.45, 2.75) is 26.4 Å². The van der Waals surface area contributed by atoms with Crippen LogP contribution < -0.4 is 10.9 Å². The summed E-state index contributed by atoms with van der Waals surface area (Å²) in [6.07, 6.45) is 0. The van der Waals surface area contributed by atoms with Crippen LogP contribution in [0.2, 0.25) is 0 Å². The molecular weight excluding hydrogens is 226 g/mol. The van der Waals surface area contributed by atoms with Crippen LogP contribution >= 0.6 is 0 Å². The number of H-pyrrole nitrogens is 1. The van der Waals surface area contributed by atoms with Crippen molar-refractivity contribution < 1.29 is 0 Å². The lowest BCUT2D eigenvalue weighted by atomic mass is 10.1. The van der Waals surface area contributed by atoms with E-state index in [-0.39, 0.29) is 5.56 Å². The molecule has 0 aliphatic rings. The molecule has 0 radical (unpaired) electrons. The SMILES string of the molecule is CC(C)NCc1cc(-c2ccccc2)n[nH]c1=O. The van der Waals surface area contributed by atoms with E-state index in [9.17, 15) is 4.79 Å². The zero-order valence-corrected chi connectivity index (χ0v) is 10.6. The Morgan fingerprint density at radius 2 is 2.00 bits per heavy atom. The van der Waals surface area contributed by atoms with E-state index >= 15 is 0 Å². The molecule has 0 bridgehead atoms. The third kappa shape index (κ3) is 3.05. The summed E-state index contributed by atoms with van der Waals surface area (Å²) >= 11 is 0. The average molecular weight is 243 g/mol. The molecule has 4 heteroatoms. The highest BCUT2D eigenvalue weighted by atomic mass is 16.1. The smallest absolute Gasteiger partial charge is 0.268 e. The third-order valence-electron chi connectivity index (χ3n) is 2.65. The molecule has 2 rings (SSSR count). The minimum atomic E-state index is -0.136. The second kappa shape index (κ2) is 5.60. The summed E-state index contributed by atoms with van der Waals surface area (Å²) in [5.74, 6) is 0. The van der Waals surface area contributed by atoms with Gasteiger partial charge >= 0.3 is 0 Å². The minimum Gasteiger partial charge on any atom is -0.310 e. The van der Waals surface area contributed by atoms with Crippen molar-refractivity contribution in [2.24, 2.45) is 0 Å². The van der Waals surface area contributed by atoms with Crippen LogP contribution in [0.1, 0.15) is 19.4 Å². The van der Waals surface area contributed by atoms with Crippen LogP contribution in [0.15, 0.2) is 41.2 Å². The lowest BCUT2D eigenvalue weighted by molar-refractivity contribution is 0.585. The van der Waals surface area contributed by atoms with E-state index in [0.29, 0.717) is 18.2 Å². The Morgan fingerprint density at radius 3 is 2.67 bits per heavy atom. The topological polar surface area (TPSA) is 57.8 Å². The van der Waals surface area contributed by atoms with Gasteiger partial charge in [0.15, 0.2) is 0 Å². The molecule has 0 aliphatic heterocycles. The van der Waals surface area contributed by atoms with E-state index in [1.165, 1.54) is 0 Å². The minimum absolute atomic E-state index is 0.136. The normalized spacial score (nSPS) is 10.8. The highest BCUT2D eigenvalue weighted by Gasteiger charge is 2.05. The van der Waals surface area contributed by atoms with Gasteiger partial charge in [-0.2, -0.15) is 5.10 Å². The Morgan fingerprint density at radius 1 is 1.28 bits per heavy atom. The maximum Gasteiger partial charge on any atom is 0.268 e. The van der Waals surface area contributed by atoms with Gasteiger partial charge in [-0.05, 0) is 6.07 Å². The molecule has 0 amide bonds. The third-order valence-corrected chi connectivity index (χ3v) is 2.65. The predicted molar refractivity (Wildman–Crippen MR) is 72.3 cm³/mol. The molecule has 1 heterocycles. The van der Waals surface area contributed by atoms with Gasteiger partial charge in [-0.3, -0.25) is 4.79 Å². The first-order valence-corrected chi connectivity index (χ1v) is 6.04. The lowest BCUT2D eigenvalue weighted by Gasteiger charge is -2.08. The Labute approximate surface area is 106 Å². The first-order valence-electron chi connectivity index (χ1n) is 6.04. The monoisotopic (exact) mass is 243 g/mol. The van der Waals surface area contributed by atoms with Crippen LogP contribution in [0, 0.1) is 0 Å². The zero-order valence-electron chi connectivity index (χ0n) is 10.6. The number of benzene rings is 1. The lowest BCUT2D eigenvalue weighted by Crippen LogP contribution is -2.26. The molecule has 2 aromatic rings. The van der Waals surface area contributed by atoms with E-state index in [2.05, 4.69) is 15.5 Å². The summed E-state index contributed by atoms with van der Waals surface area (Å²) in [6.45, 7) is 4.65. The fourth-order valence-electron chi connectivity index (χ4n) is 1.65. The summed E-state index contributed by atoms with van der Waals surface area (Å²) in [4.78, 5) is 11.7. The second-order valence-electron chi connectivity index (χ2n) is 4.51.